The molecule has 7 heteroatoms. The van der Waals surface area contributed by atoms with E-state index in [0.29, 0.717) is 0 Å². The van der Waals surface area contributed by atoms with Crippen LogP contribution in [0.3, 0.4) is 0 Å². The number of nitrogens with zero attached hydrogens (tertiary/aromatic N) is 3. The smallest absolute Gasteiger partial charge is 0.246 e. The molecule has 26 heavy (non-hydrogen) atoms. The van der Waals surface area contributed by atoms with Crippen LogP contribution < -0.4 is 10.2 Å². The van der Waals surface area contributed by atoms with Gasteiger partial charge in [-0.3, -0.25) is 9.79 Å². The van der Waals surface area contributed by atoms with Gasteiger partial charge in [-0.05, 0) is 35.9 Å². The Morgan fingerprint density at radius 3 is 2.85 bits per heavy atom. The van der Waals surface area contributed by atoms with E-state index in [9.17, 15) is 4.79 Å². The van der Waals surface area contributed by atoms with Gasteiger partial charge in [0.05, 0.1) is 6.54 Å². The van der Waals surface area contributed by atoms with Gasteiger partial charge in [-0.25, -0.2) is 0 Å². The maximum atomic E-state index is 12.6. The molecular formula is C19H25IN4OS. The molecule has 0 atom stereocenters. The molecule has 0 saturated heterocycles. The summed E-state index contributed by atoms with van der Waals surface area (Å²) in [6.07, 6.45) is 1.90. The minimum Gasteiger partial charge on any atom is -0.347 e. The van der Waals surface area contributed by atoms with Crippen LogP contribution in [0.1, 0.15) is 10.4 Å². The van der Waals surface area contributed by atoms with E-state index in [2.05, 4.69) is 38.8 Å². The van der Waals surface area contributed by atoms with E-state index in [-0.39, 0.29) is 36.4 Å². The van der Waals surface area contributed by atoms with Crippen molar-refractivity contribution in [1.29, 1.82) is 0 Å². The Morgan fingerprint density at radius 1 is 1.31 bits per heavy atom. The van der Waals surface area contributed by atoms with Crippen LogP contribution in [0, 0.1) is 0 Å². The number of carbonyl (C=O) groups excluding carboxylic acids is 1. The lowest BCUT2D eigenvalue weighted by Crippen LogP contribution is -2.45. The zero-order valence-electron chi connectivity index (χ0n) is 15.1. The lowest BCUT2D eigenvalue weighted by molar-refractivity contribution is -0.117. The van der Waals surface area contributed by atoms with E-state index in [4.69, 9.17) is 0 Å². The first kappa shape index (κ1) is 20.7. The Balaban J connectivity index is 0.00000243. The van der Waals surface area contributed by atoms with Crippen LogP contribution in [0.2, 0.25) is 0 Å². The Morgan fingerprint density at radius 2 is 2.12 bits per heavy atom. The third kappa shape index (κ3) is 4.97. The normalized spacial score (nSPS) is 13.2. The topological polar surface area (TPSA) is 47.9 Å². The Kier molecular flexibility index (Phi) is 7.89. The average Bonchev–Trinajstić information content (AvgIpc) is 3.29. The molecule has 1 N–H and O–H groups in total. The van der Waals surface area contributed by atoms with Crippen molar-refractivity contribution in [1.82, 2.24) is 10.2 Å². The lowest BCUT2D eigenvalue weighted by atomic mass is 10.2. The second-order valence-electron chi connectivity index (χ2n) is 6.08. The summed E-state index contributed by atoms with van der Waals surface area (Å²) in [4.78, 5) is 22.2. The first-order valence-electron chi connectivity index (χ1n) is 8.51. The number of hydrogen-bond acceptors (Lipinski definition) is 3. The number of anilines is 1. The Hall–Kier alpha value is -1.61. The SMILES string of the molecule is CN=C(NCC(=O)N1CCc2ccccc21)N(C)CCc1cccs1.I. The predicted molar refractivity (Wildman–Crippen MR) is 120 cm³/mol. The highest BCUT2D eigenvalue weighted by Crippen LogP contribution is 2.27. The number of carbonyl (C=O) groups is 1. The van der Waals surface area contributed by atoms with Crippen molar-refractivity contribution < 1.29 is 4.79 Å². The molecule has 0 fully saturated rings. The van der Waals surface area contributed by atoms with Crippen LogP contribution in [0.5, 0.6) is 0 Å². The van der Waals surface area contributed by atoms with E-state index < -0.39 is 0 Å². The van der Waals surface area contributed by atoms with Gasteiger partial charge in [0.1, 0.15) is 0 Å². The number of benzene rings is 1. The molecule has 0 bridgehead atoms. The molecule has 2 aromatic rings. The summed E-state index contributed by atoms with van der Waals surface area (Å²) in [5.41, 5.74) is 2.28. The van der Waals surface area contributed by atoms with Crippen LogP contribution in [-0.4, -0.2) is 50.5 Å². The van der Waals surface area contributed by atoms with Crippen molar-refractivity contribution in [2.24, 2.45) is 4.99 Å². The molecule has 1 aromatic carbocycles. The van der Waals surface area contributed by atoms with Gasteiger partial charge < -0.3 is 15.1 Å². The average molecular weight is 484 g/mol. The van der Waals surface area contributed by atoms with Crippen molar-refractivity contribution in [2.45, 2.75) is 12.8 Å². The number of halogens is 1. The largest absolute Gasteiger partial charge is 0.347 e. The third-order valence-electron chi connectivity index (χ3n) is 4.43. The fourth-order valence-electron chi connectivity index (χ4n) is 3.07. The zero-order chi connectivity index (χ0) is 17.6. The van der Waals surface area contributed by atoms with Gasteiger partial charge in [0.25, 0.3) is 0 Å². The minimum absolute atomic E-state index is 0. The highest BCUT2D eigenvalue weighted by atomic mass is 127. The Bertz CT molecular complexity index is 748. The maximum absolute atomic E-state index is 12.6. The van der Waals surface area contributed by atoms with Gasteiger partial charge in [-0.15, -0.1) is 35.3 Å². The highest BCUT2D eigenvalue weighted by Gasteiger charge is 2.24. The summed E-state index contributed by atoms with van der Waals surface area (Å²) in [5, 5.41) is 5.29. The predicted octanol–water partition coefficient (Wildman–Crippen LogP) is 3.01. The van der Waals surface area contributed by atoms with Gasteiger partial charge in [-0.2, -0.15) is 0 Å². The molecule has 0 unspecified atom stereocenters. The van der Waals surface area contributed by atoms with Crippen molar-refractivity contribution in [3.8, 4) is 0 Å². The first-order chi connectivity index (χ1) is 12.2. The number of amides is 1. The number of fused-ring (bicyclic) bond motifs is 1. The summed E-state index contributed by atoms with van der Waals surface area (Å²) in [7, 11) is 3.75. The number of guanidine groups is 1. The number of para-hydroxylation sites is 1. The number of rotatable bonds is 5. The van der Waals surface area contributed by atoms with Gasteiger partial charge in [0.2, 0.25) is 5.91 Å². The molecule has 1 amide bonds. The van der Waals surface area contributed by atoms with Crippen LogP contribution in [0.25, 0.3) is 0 Å². The fourth-order valence-corrected chi connectivity index (χ4v) is 3.77. The minimum atomic E-state index is 0. The van der Waals surface area contributed by atoms with Crippen LogP contribution in [0.15, 0.2) is 46.8 Å². The molecule has 0 aliphatic carbocycles. The zero-order valence-corrected chi connectivity index (χ0v) is 18.3. The summed E-state index contributed by atoms with van der Waals surface area (Å²) in [6, 6.07) is 12.3. The molecule has 3 rings (SSSR count). The molecule has 5 nitrogen and oxygen atoms in total. The quantitative estimate of drug-likeness (QED) is 0.404. The molecule has 0 radical (unpaired) electrons. The molecular weight excluding hydrogens is 459 g/mol. The number of likely N-dealkylation sites (N-methyl/N-ethyl adjacent to an activating group) is 1. The van der Waals surface area contributed by atoms with Crippen LogP contribution >= 0.6 is 35.3 Å². The second kappa shape index (κ2) is 9.91. The number of aliphatic imine (C=N–C) groups is 1. The molecule has 1 aliphatic rings. The molecule has 2 heterocycles. The van der Waals surface area contributed by atoms with E-state index in [1.165, 1.54) is 10.4 Å². The van der Waals surface area contributed by atoms with Gasteiger partial charge in [0.15, 0.2) is 5.96 Å². The fraction of sp³-hybridized carbons (Fsp3) is 0.368. The molecule has 140 valence electrons. The standard InChI is InChI=1S/C19H24N4OS.HI/c1-20-19(22(2)11-10-16-7-5-13-25-16)21-14-18(24)23-12-9-15-6-3-4-8-17(15)23;/h3-8,13H,9-12,14H2,1-2H3,(H,20,21);1H. The van der Waals surface area contributed by atoms with Crippen molar-refractivity contribution in [3.05, 3.63) is 52.2 Å². The molecule has 0 spiro atoms. The summed E-state index contributed by atoms with van der Waals surface area (Å²) in [5.74, 6) is 0.829. The van der Waals surface area contributed by atoms with Crippen molar-refractivity contribution in [2.75, 3.05) is 38.6 Å². The van der Waals surface area contributed by atoms with Crippen molar-refractivity contribution >= 4 is 52.9 Å². The Labute approximate surface area is 176 Å². The monoisotopic (exact) mass is 484 g/mol. The van der Waals surface area contributed by atoms with Crippen LogP contribution in [-0.2, 0) is 17.6 Å². The highest BCUT2D eigenvalue weighted by molar-refractivity contribution is 14.0. The lowest BCUT2D eigenvalue weighted by Gasteiger charge is -2.23. The van der Waals surface area contributed by atoms with E-state index in [1.807, 2.05) is 30.1 Å². The number of hydrogen-bond donors (Lipinski definition) is 1. The molecule has 1 aromatic heterocycles. The maximum Gasteiger partial charge on any atom is 0.246 e. The van der Waals surface area contributed by atoms with Crippen molar-refractivity contribution in [3.63, 3.8) is 0 Å². The summed E-state index contributed by atoms with van der Waals surface area (Å²) < 4.78 is 0. The van der Waals surface area contributed by atoms with Crippen LogP contribution in [0.4, 0.5) is 5.69 Å². The van der Waals surface area contributed by atoms with E-state index in [0.717, 1.165) is 37.6 Å². The number of nitrogens with one attached hydrogen (secondary N) is 1. The van der Waals surface area contributed by atoms with E-state index in [1.54, 1.807) is 18.4 Å². The second-order valence-corrected chi connectivity index (χ2v) is 7.11. The molecule has 0 saturated carbocycles. The molecule has 1 aliphatic heterocycles. The van der Waals surface area contributed by atoms with Gasteiger partial charge in [-0.1, -0.05) is 24.3 Å². The third-order valence-corrected chi connectivity index (χ3v) is 5.37. The number of thiophene rings is 1. The first-order valence-corrected chi connectivity index (χ1v) is 9.39. The van der Waals surface area contributed by atoms with Gasteiger partial charge >= 0.3 is 0 Å². The summed E-state index contributed by atoms with van der Waals surface area (Å²) >= 11 is 1.77. The summed E-state index contributed by atoms with van der Waals surface area (Å²) in [6.45, 7) is 1.87. The van der Waals surface area contributed by atoms with Gasteiger partial charge in [0, 0.05) is 37.7 Å². The van der Waals surface area contributed by atoms with E-state index >= 15 is 0 Å².